The van der Waals surface area contributed by atoms with Crippen LogP contribution in [0.4, 0.5) is 0 Å². The Hall–Kier alpha value is -3.49. The number of hydrogen-bond donors (Lipinski definition) is 1. The molecule has 0 aliphatic heterocycles. The third kappa shape index (κ3) is 11.4. The highest BCUT2D eigenvalue weighted by Gasteiger charge is 2.31. The van der Waals surface area contributed by atoms with Crippen LogP contribution in [0.3, 0.4) is 0 Å². The standard InChI is InChI=1S/C40H52O2/c1-29(17-13-19-31(3)21-23-37-33(5)25-35(41)27-39(37,7)8)15-11-12-16-30(2)18-14-20-32(4)22-24-38-34(6)26-36(42)28-40(38,9)10/h11-26,35,41H,27-28H2,1-10H3/b15-11+,16-12+,19-13+,20-14+,29-17-,30-18-,31-21-,32-22-,37-23+,38-24+/t35-/m1/s1. The van der Waals surface area contributed by atoms with E-state index in [0.717, 1.165) is 23.1 Å². The van der Waals surface area contributed by atoms with Crippen molar-refractivity contribution in [3.8, 4) is 0 Å². The molecule has 2 rings (SSSR count). The molecule has 2 nitrogen and oxygen atoms in total. The lowest BCUT2D eigenvalue weighted by atomic mass is 9.72. The predicted octanol–water partition coefficient (Wildman–Crippen LogP) is 10.5. The zero-order valence-electron chi connectivity index (χ0n) is 27.6. The van der Waals surface area contributed by atoms with Crippen LogP contribution >= 0.6 is 0 Å². The zero-order valence-corrected chi connectivity index (χ0v) is 27.6. The normalized spacial score (nSPS) is 24.6. The van der Waals surface area contributed by atoms with Gasteiger partial charge in [0.2, 0.25) is 0 Å². The Bertz CT molecular complexity index is 1380. The molecule has 0 saturated heterocycles. The van der Waals surface area contributed by atoms with Crippen molar-refractivity contribution in [1.29, 1.82) is 0 Å². The van der Waals surface area contributed by atoms with E-state index in [4.69, 9.17) is 0 Å². The first kappa shape index (κ1) is 34.7. The van der Waals surface area contributed by atoms with Gasteiger partial charge in [-0.3, -0.25) is 4.79 Å². The monoisotopic (exact) mass is 564 g/mol. The molecule has 0 unspecified atom stereocenters. The SMILES string of the molecule is CC1=CC(=O)CC(C)(C)/C1=C/C=C(C)\C=C\C=C(C)/C=C/C=C/C(C)=C\C=C\C(C)=C/C=C1\C(C)=C[C@@H](O)CC1(C)C. The second kappa shape index (κ2) is 15.7. The van der Waals surface area contributed by atoms with Crippen molar-refractivity contribution in [2.24, 2.45) is 10.8 Å². The van der Waals surface area contributed by atoms with Gasteiger partial charge in [-0.2, -0.15) is 0 Å². The van der Waals surface area contributed by atoms with Crippen molar-refractivity contribution in [2.75, 3.05) is 0 Å². The minimum atomic E-state index is -0.354. The van der Waals surface area contributed by atoms with Crippen LogP contribution in [-0.2, 0) is 4.79 Å². The van der Waals surface area contributed by atoms with Crippen LogP contribution < -0.4 is 0 Å². The lowest BCUT2D eigenvalue weighted by Gasteiger charge is -2.34. The summed E-state index contributed by atoms with van der Waals surface area (Å²) >= 11 is 0. The fourth-order valence-corrected chi connectivity index (χ4v) is 5.52. The molecule has 0 fully saturated rings. The summed E-state index contributed by atoms with van der Waals surface area (Å²) in [5.41, 5.74) is 9.28. The third-order valence-electron chi connectivity index (χ3n) is 7.76. The number of aliphatic hydroxyl groups is 1. The lowest BCUT2D eigenvalue weighted by molar-refractivity contribution is -0.116. The number of ketones is 1. The maximum Gasteiger partial charge on any atom is 0.156 e. The van der Waals surface area contributed by atoms with E-state index < -0.39 is 0 Å². The van der Waals surface area contributed by atoms with Gasteiger partial charge in [0.05, 0.1) is 6.10 Å². The average Bonchev–Trinajstić information content (AvgIpc) is 2.84. The van der Waals surface area contributed by atoms with Gasteiger partial charge in [-0.25, -0.2) is 0 Å². The van der Waals surface area contributed by atoms with E-state index >= 15 is 0 Å². The Labute approximate surface area is 256 Å². The molecule has 1 N–H and O–H groups in total. The largest absolute Gasteiger partial charge is 0.389 e. The van der Waals surface area contributed by atoms with Crippen molar-refractivity contribution in [3.05, 3.63) is 142 Å². The molecule has 0 aromatic rings. The van der Waals surface area contributed by atoms with E-state index in [2.05, 4.69) is 147 Å². The molecule has 0 saturated carbocycles. The second-order valence-electron chi connectivity index (χ2n) is 13.1. The van der Waals surface area contributed by atoms with E-state index in [-0.39, 0.29) is 22.7 Å². The smallest absolute Gasteiger partial charge is 0.156 e. The molecule has 2 aliphatic rings. The first-order valence-corrected chi connectivity index (χ1v) is 15.0. The van der Waals surface area contributed by atoms with Crippen LogP contribution in [0.2, 0.25) is 0 Å². The number of aliphatic hydroxyl groups excluding tert-OH is 1. The number of carbonyl (C=O) groups is 1. The van der Waals surface area contributed by atoms with Gasteiger partial charge < -0.3 is 5.11 Å². The molecule has 0 spiro atoms. The molecule has 42 heavy (non-hydrogen) atoms. The molecule has 0 heterocycles. The van der Waals surface area contributed by atoms with Crippen molar-refractivity contribution >= 4 is 5.78 Å². The molecule has 0 bridgehead atoms. The molecule has 0 aromatic carbocycles. The minimum absolute atomic E-state index is 0.0289. The van der Waals surface area contributed by atoms with Crippen LogP contribution in [-0.4, -0.2) is 17.0 Å². The molecular formula is C40H52O2. The Balaban J connectivity index is 1.93. The summed E-state index contributed by atoms with van der Waals surface area (Å²) in [7, 11) is 0. The van der Waals surface area contributed by atoms with Crippen LogP contribution in [0.25, 0.3) is 0 Å². The lowest BCUT2D eigenvalue weighted by Crippen LogP contribution is -2.26. The summed E-state index contributed by atoms with van der Waals surface area (Å²) in [6.45, 7) is 21.2. The Morgan fingerprint density at radius 3 is 1.57 bits per heavy atom. The van der Waals surface area contributed by atoms with Crippen molar-refractivity contribution < 1.29 is 9.90 Å². The van der Waals surface area contributed by atoms with Gasteiger partial charge >= 0.3 is 0 Å². The zero-order chi connectivity index (χ0) is 31.5. The summed E-state index contributed by atoms with van der Waals surface area (Å²) in [5.74, 6) is 0.212. The van der Waals surface area contributed by atoms with Crippen molar-refractivity contribution in [1.82, 2.24) is 0 Å². The minimum Gasteiger partial charge on any atom is -0.389 e. The highest BCUT2D eigenvalue weighted by Crippen LogP contribution is 2.41. The molecule has 1 atom stereocenters. The quantitative estimate of drug-likeness (QED) is 0.283. The van der Waals surface area contributed by atoms with Crippen molar-refractivity contribution in [3.63, 3.8) is 0 Å². The topological polar surface area (TPSA) is 37.3 Å². The summed E-state index contributed by atoms with van der Waals surface area (Å²) in [6, 6.07) is 0. The van der Waals surface area contributed by atoms with Crippen LogP contribution in [0.5, 0.6) is 0 Å². The molecule has 0 amide bonds. The number of rotatable bonds is 9. The number of allylic oxidation sites excluding steroid dienone is 23. The van der Waals surface area contributed by atoms with Crippen LogP contribution in [0.1, 0.15) is 82.1 Å². The summed E-state index contributed by atoms with van der Waals surface area (Å²) in [4.78, 5) is 11.9. The van der Waals surface area contributed by atoms with Gasteiger partial charge in [0, 0.05) is 6.42 Å². The fourth-order valence-electron chi connectivity index (χ4n) is 5.52. The van der Waals surface area contributed by atoms with Crippen molar-refractivity contribution in [2.45, 2.75) is 88.2 Å². The maximum absolute atomic E-state index is 11.9. The first-order valence-electron chi connectivity index (χ1n) is 15.0. The molecule has 0 radical (unpaired) electrons. The van der Waals surface area contributed by atoms with E-state index in [0.29, 0.717) is 6.42 Å². The number of carbonyl (C=O) groups excluding carboxylic acids is 1. The van der Waals surface area contributed by atoms with Gasteiger partial charge in [0.1, 0.15) is 0 Å². The summed E-state index contributed by atoms with van der Waals surface area (Å²) in [5, 5.41) is 10.0. The van der Waals surface area contributed by atoms with Gasteiger partial charge in [0.15, 0.2) is 5.78 Å². The van der Waals surface area contributed by atoms with Gasteiger partial charge in [-0.15, -0.1) is 0 Å². The predicted molar refractivity (Wildman–Crippen MR) is 183 cm³/mol. The van der Waals surface area contributed by atoms with E-state index in [9.17, 15) is 9.90 Å². The van der Waals surface area contributed by atoms with Gasteiger partial charge in [-0.1, -0.05) is 141 Å². The second-order valence-corrected chi connectivity index (χ2v) is 13.1. The molecular weight excluding hydrogens is 512 g/mol. The van der Waals surface area contributed by atoms with Crippen LogP contribution in [0, 0.1) is 10.8 Å². The Kier molecular flexibility index (Phi) is 12.9. The number of hydrogen-bond acceptors (Lipinski definition) is 2. The molecule has 2 heteroatoms. The fraction of sp³-hybridized carbons (Fsp3) is 0.375. The molecule has 2 aliphatic carbocycles. The highest BCUT2D eigenvalue weighted by molar-refractivity contribution is 5.93. The Morgan fingerprint density at radius 1 is 0.690 bits per heavy atom. The average molecular weight is 565 g/mol. The third-order valence-corrected chi connectivity index (χ3v) is 7.76. The van der Waals surface area contributed by atoms with Gasteiger partial charge in [0.25, 0.3) is 0 Å². The Morgan fingerprint density at radius 2 is 1.12 bits per heavy atom. The summed E-state index contributed by atoms with van der Waals surface area (Å²) in [6.07, 6.45) is 34.2. The van der Waals surface area contributed by atoms with Crippen LogP contribution in [0.15, 0.2) is 142 Å². The molecule has 224 valence electrons. The summed E-state index contributed by atoms with van der Waals surface area (Å²) < 4.78 is 0. The maximum atomic E-state index is 11.9. The van der Waals surface area contributed by atoms with E-state index in [1.807, 2.05) is 13.0 Å². The van der Waals surface area contributed by atoms with Gasteiger partial charge in [-0.05, 0) is 87.2 Å². The van der Waals surface area contributed by atoms with E-state index in [1.165, 1.54) is 27.9 Å². The first-order chi connectivity index (χ1) is 19.6. The van der Waals surface area contributed by atoms with E-state index in [1.54, 1.807) is 6.08 Å². The molecule has 0 aromatic heterocycles. The highest BCUT2D eigenvalue weighted by atomic mass is 16.3.